The highest BCUT2D eigenvalue weighted by Crippen LogP contribution is 2.22. The van der Waals surface area contributed by atoms with Gasteiger partial charge >= 0.3 is 6.09 Å². The number of rotatable bonds is 5. The summed E-state index contributed by atoms with van der Waals surface area (Å²) in [6.07, 6.45) is 6.12. The van der Waals surface area contributed by atoms with Crippen molar-refractivity contribution in [3.8, 4) is 0 Å². The Labute approximate surface area is 177 Å². The maximum Gasteiger partial charge on any atom is 0.410 e. The summed E-state index contributed by atoms with van der Waals surface area (Å²) in [7, 11) is 1.79. The molecule has 0 saturated carbocycles. The van der Waals surface area contributed by atoms with Gasteiger partial charge in [0.25, 0.3) is 0 Å². The number of anilines is 1. The highest BCUT2D eigenvalue weighted by atomic mass is 16.6. The minimum Gasteiger partial charge on any atom is -0.444 e. The molecule has 2 aromatic rings. The van der Waals surface area contributed by atoms with Gasteiger partial charge in [0.2, 0.25) is 0 Å². The lowest BCUT2D eigenvalue weighted by atomic mass is 10.0. The van der Waals surface area contributed by atoms with Crippen LogP contribution in [0, 0.1) is 5.41 Å². The Kier molecular flexibility index (Phi) is 6.54. The lowest BCUT2D eigenvalue weighted by molar-refractivity contribution is 0.0210. The molecule has 2 heterocycles. The third kappa shape index (κ3) is 5.46. The van der Waals surface area contributed by atoms with Crippen LogP contribution in [0.1, 0.15) is 39.3 Å². The van der Waals surface area contributed by atoms with Gasteiger partial charge in [-0.2, -0.15) is 0 Å². The molecule has 1 saturated heterocycles. The number of likely N-dealkylation sites (tertiary alicyclic amines) is 1. The first kappa shape index (κ1) is 21.5. The summed E-state index contributed by atoms with van der Waals surface area (Å²) in [5.74, 6) is 0. The van der Waals surface area contributed by atoms with Gasteiger partial charge in [0.1, 0.15) is 5.60 Å². The smallest absolute Gasteiger partial charge is 0.410 e. The number of ether oxygens (including phenoxy) is 1. The van der Waals surface area contributed by atoms with Crippen LogP contribution < -0.4 is 10.6 Å². The van der Waals surface area contributed by atoms with Crippen LogP contribution >= 0.6 is 0 Å². The molecule has 8 nitrogen and oxygen atoms in total. The Balaban J connectivity index is 1.66. The largest absolute Gasteiger partial charge is 0.444 e. The molecule has 1 aliphatic rings. The van der Waals surface area contributed by atoms with Gasteiger partial charge in [-0.25, -0.2) is 9.78 Å². The van der Waals surface area contributed by atoms with Crippen molar-refractivity contribution in [1.29, 1.82) is 5.41 Å². The molecule has 3 rings (SSSR count). The number of allylic oxidation sites excluding steroid dienone is 1. The second kappa shape index (κ2) is 9.11. The van der Waals surface area contributed by atoms with E-state index in [1.807, 2.05) is 39.0 Å². The number of benzene rings is 1. The van der Waals surface area contributed by atoms with Crippen molar-refractivity contribution in [1.82, 2.24) is 20.2 Å². The van der Waals surface area contributed by atoms with Gasteiger partial charge in [0.15, 0.2) is 0 Å². The number of amides is 1. The fraction of sp³-hybridized carbons (Fsp3) is 0.455. The Morgan fingerprint density at radius 1 is 1.27 bits per heavy atom. The van der Waals surface area contributed by atoms with E-state index in [4.69, 9.17) is 10.1 Å². The van der Waals surface area contributed by atoms with Crippen LogP contribution in [0.25, 0.3) is 16.6 Å². The van der Waals surface area contributed by atoms with Crippen LogP contribution in [-0.4, -0.2) is 59.0 Å². The topological polar surface area (TPSA) is 103 Å². The number of aromatic nitrogens is 2. The lowest BCUT2D eigenvalue weighted by Crippen LogP contribution is -2.44. The molecule has 0 bridgehead atoms. The molecule has 0 radical (unpaired) electrons. The van der Waals surface area contributed by atoms with Gasteiger partial charge in [-0.1, -0.05) is 0 Å². The molecule has 30 heavy (non-hydrogen) atoms. The van der Waals surface area contributed by atoms with E-state index in [1.165, 1.54) is 6.21 Å². The molecular weight excluding hydrogens is 380 g/mol. The van der Waals surface area contributed by atoms with Crippen LogP contribution in [0.2, 0.25) is 0 Å². The second-order valence-electron chi connectivity index (χ2n) is 8.38. The zero-order chi connectivity index (χ0) is 21.7. The van der Waals surface area contributed by atoms with Gasteiger partial charge in [-0.15, -0.1) is 0 Å². The van der Waals surface area contributed by atoms with Crippen LogP contribution in [0.5, 0.6) is 0 Å². The van der Waals surface area contributed by atoms with E-state index in [9.17, 15) is 4.79 Å². The molecule has 0 atom stereocenters. The molecule has 0 aliphatic carbocycles. The van der Waals surface area contributed by atoms with E-state index in [0.29, 0.717) is 24.4 Å². The van der Waals surface area contributed by atoms with Crippen LogP contribution in [0.15, 0.2) is 30.6 Å². The molecule has 1 amide bonds. The Morgan fingerprint density at radius 2 is 2.00 bits per heavy atom. The summed E-state index contributed by atoms with van der Waals surface area (Å²) >= 11 is 0. The molecule has 160 valence electrons. The van der Waals surface area contributed by atoms with Crippen LogP contribution in [0.4, 0.5) is 10.5 Å². The highest BCUT2D eigenvalue weighted by molar-refractivity contribution is 6.07. The van der Waals surface area contributed by atoms with Crippen molar-refractivity contribution in [2.24, 2.45) is 0 Å². The van der Waals surface area contributed by atoms with Crippen LogP contribution in [0.3, 0.4) is 0 Å². The number of piperidine rings is 1. The standard InChI is InChI=1S/C22H30N6O2/c1-22(2,3)30-21(29)28-9-7-16(8-10-28)26-17-5-6-18-19(11-17)27-20(14-25-18)15(12-23)13-24-4/h5-6,11-14,16,23-24,26H,7-10H2,1-4H3/b15-13+,23-12?. The van der Waals surface area contributed by atoms with E-state index in [-0.39, 0.29) is 12.1 Å². The Morgan fingerprint density at radius 3 is 2.63 bits per heavy atom. The number of hydrogen-bond donors (Lipinski definition) is 3. The van der Waals surface area contributed by atoms with Crippen molar-refractivity contribution in [2.45, 2.75) is 45.3 Å². The number of hydrogen-bond acceptors (Lipinski definition) is 7. The van der Waals surface area contributed by atoms with E-state index < -0.39 is 5.60 Å². The number of carbonyl (C=O) groups is 1. The molecular formula is C22H30N6O2. The maximum atomic E-state index is 12.2. The first-order chi connectivity index (χ1) is 14.3. The number of nitrogens with zero attached hydrogens (tertiary/aromatic N) is 3. The first-order valence-corrected chi connectivity index (χ1v) is 10.2. The van der Waals surface area contributed by atoms with E-state index in [2.05, 4.69) is 20.6 Å². The average molecular weight is 411 g/mol. The number of nitrogens with one attached hydrogen (secondary N) is 3. The molecule has 1 fully saturated rings. The molecule has 8 heteroatoms. The van der Waals surface area contributed by atoms with Crippen molar-refractivity contribution in [2.75, 3.05) is 25.5 Å². The zero-order valence-corrected chi connectivity index (χ0v) is 18.0. The van der Waals surface area contributed by atoms with E-state index >= 15 is 0 Å². The summed E-state index contributed by atoms with van der Waals surface area (Å²) < 4.78 is 5.46. The van der Waals surface area contributed by atoms with Crippen molar-refractivity contribution < 1.29 is 9.53 Å². The Hall–Kier alpha value is -3.16. The average Bonchev–Trinajstić information content (AvgIpc) is 2.70. The number of fused-ring (bicyclic) bond motifs is 1. The van der Waals surface area contributed by atoms with E-state index in [1.54, 1.807) is 24.3 Å². The molecule has 0 spiro atoms. The van der Waals surface area contributed by atoms with Crippen molar-refractivity contribution >= 4 is 34.6 Å². The highest BCUT2D eigenvalue weighted by Gasteiger charge is 2.26. The summed E-state index contributed by atoms with van der Waals surface area (Å²) in [5, 5.41) is 14.0. The summed E-state index contributed by atoms with van der Waals surface area (Å²) in [6, 6.07) is 6.19. The fourth-order valence-corrected chi connectivity index (χ4v) is 3.35. The summed E-state index contributed by atoms with van der Waals surface area (Å²) in [4.78, 5) is 23.1. The van der Waals surface area contributed by atoms with Crippen molar-refractivity contribution in [3.63, 3.8) is 0 Å². The minimum absolute atomic E-state index is 0.244. The molecule has 1 aromatic heterocycles. The zero-order valence-electron chi connectivity index (χ0n) is 18.0. The third-order valence-electron chi connectivity index (χ3n) is 4.81. The van der Waals surface area contributed by atoms with Crippen LogP contribution in [-0.2, 0) is 4.74 Å². The minimum atomic E-state index is -0.475. The van der Waals surface area contributed by atoms with Crippen molar-refractivity contribution in [3.05, 3.63) is 36.3 Å². The lowest BCUT2D eigenvalue weighted by Gasteiger charge is -2.34. The molecule has 3 N–H and O–H groups in total. The molecule has 1 aliphatic heterocycles. The molecule has 1 aromatic carbocycles. The normalized spacial score (nSPS) is 15.7. The monoisotopic (exact) mass is 410 g/mol. The summed E-state index contributed by atoms with van der Waals surface area (Å²) in [5.41, 5.74) is 3.38. The van der Waals surface area contributed by atoms with Gasteiger partial charge < -0.3 is 25.7 Å². The van der Waals surface area contributed by atoms with Gasteiger partial charge in [-0.3, -0.25) is 4.98 Å². The first-order valence-electron chi connectivity index (χ1n) is 10.2. The summed E-state index contributed by atoms with van der Waals surface area (Å²) in [6.45, 7) is 6.98. The van der Waals surface area contributed by atoms with Gasteiger partial charge in [-0.05, 0) is 51.8 Å². The number of carbonyl (C=O) groups excluding carboxylic acids is 1. The predicted molar refractivity (Wildman–Crippen MR) is 120 cm³/mol. The Bertz CT molecular complexity index is 942. The molecule has 0 unspecified atom stereocenters. The third-order valence-corrected chi connectivity index (χ3v) is 4.81. The fourth-order valence-electron chi connectivity index (χ4n) is 3.35. The quantitative estimate of drug-likeness (QED) is 0.650. The predicted octanol–water partition coefficient (Wildman–Crippen LogP) is 3.65. The second-order valence-corrected chi connectivity index (χ2v) is 8.38. The maximum absolute atomic E-state index is 12.2. The SMILES string of the molecule is CN/C=C(\C=N)c1cnc2ccc(NC3CCN(C(=O)OC(C)(C)C)CC3)cc2n1. The van der Waals surface area contributed by atoms with Gasteiger partial charge in [0.05, 0.1) is 22.9 Å². The van der Waals surface area contributed by atoms with Gasteiger partial charge in [0, 0.05) is 49.9 Å². The van der Waals surface area contributed by atoms with E-state index in [0.717, 1.165) is 29.6 Å².